The molecule has 66 valence electrons. The first-order valence-corrected chi connectivity index (χ1v) is 4.21. The predicted octanol–water partition coefficient (Wildman–Crippen LogP) is 0.423. The van der Waals surface area contributed by atoms with Gasteiger partial charge in [-0.2, -0.15) is 0 Å². The summed E-state index contributed by atoms with van der Waals surface area (Å²) in [5.41, 5.74) is 0. The molecule has 0 heterocycles. The first-order chi connectivity index (χ1) is 5.20. The van der Waals surface area contributed by atoms with Crippen LogP contribution in [0.4, 0.5) is 0 Å². The smallest absolute Gasteiger partial charge is 0.313 e. The van der Waals surface area contributed by atoms with Crippen LogP contribution in [0.25, 0.3) is 0 Å². The molecule has 0 amide bonds. The van der Waals surface area contributed by atoms with E-state index in [1.807, 2.05) is 0 Å². The minimum atomic E-state index is -0.819. The first kappa shape index (κ1) is 10.7. The van der Waals surface area contributed by atoms with Gasteiger partial charge >= 0.3 is 5.97 Å². The highest BCUT2D eigenvalue weighted by Gasteiger charge is 2.05. The molecule has 0 aliphatic carbocycles. The van der Waals surface area contributed by atoms with Gasteiger partial charge in [-0.15, -0.1) is 11.8 Å². The van der Waals surface area contributed by atoms with E-state index in [4.69, 9.17) is 14.6 Å². The number of aliphatic carboxylic acids is 1. The van der Waals surface area contributed by atoms with Crippen molar-refractivity contribution in [1.82, 2.24) is 0 Å². The second-order valence-electron chi connectivity index (χ2n) is 1.81. The molecule has 0 bridgehead atoms. The summed E-state index contributed by atoms with van der Waals surface area (Å²) in [6.07, 6.45) is -0.306. The molecule has 0 aromatic carbocycles. The summed E-state index contributed by atoms with van der Waals surface area (Å²) in [7, 11) is 3.05. The van der Waals surface area contributed by atoms with Crippen molar-refractivity contribution >= 4 is 17.7 Å². The van der Waals surface area contributed by atoms with Gasteiger partial charge in [0.2, 0.25) is 0 Å². The largest absolute Gasteiger partial charge is 0.481 e. The molecule has 0 aliphatic rings. The zero-order chi connectivity index (χ0) is 8.69. The van der Waals surface area contributed by atoms with Crippen molar-refractivity contribution in [2.45, 2.75) is 6.29 Å². The van der Waals surface area contributed by atoms with E-state index in [1.165, 1.54) is 26.0 Å². The van der Waals surface area contributed by atoms with Gasteiger partial charge in [0, 0.05) is 20.0 Å². The van der Waals surface area contributed by atoms with Crippen LogP contribution >= 0.6 is 11.8 Å². The normalized spacial score (nSPS) is 10.5. The Hall–Kier alpha value is -0.260. The average Bonchev–Trinajstić information content (AvgIpc) is 1.98. The van der Waals surface area contributed by atoms with Crippen LogP contribution in [0.3, 0.4) is 0 Å². The maximum absolute atomic E-state index is 10.1. The molecule has 0 saturated carbocycles. The topological polar surface area (TPSA) is 55.8 Å². The number of carboxylic acid groups (broad SMARTS) is 1. The number of methoxy groups -OCH3 is 2. The Morgan fingerprint density at radius 3 is 2.45 bits per heavy atom. The second-order valence-corrected chi connectivity index (χ2v) is 2.84. The molecule has 0 aromatic heterocycles. The fraction of sp³-hybridized carbons (Fsp3) is 0.833. The summed E-state index contributed by atoms with van der Waals surface area (Å²) in [6.45, 7) is 0. The summed E-state index contributed by atoms with van der Waals surface area (Å²) < 4.78 is 9.69. The van der Waals surface area contributed by atoms with Crippen molar-refractivity contribution in [3.8, 4) is 0 Å². The molecular formula is C6H12O4S. The van der Waals surface area contributed by atoms with E-state index in [2.05, 4.69) is 0 Å². The van der Waals surface area contributed by atoms with Crippen LogP contribution in [0.2, 0.25) is 0 Å². The van der Waals surface area contributed by atoms with E-state index in [1.54, 1.807) is 0 Å². The lowest BCUT2D eigenvalue weighted by Gasteiger charge is -2.11. The number of hydrogen-bond acceptors (Lipinski definition) is 4. The lowest BCUT2D eigenvalue weighted by atomic mass is 10.7. The maximum Gasteiger partial charge on any atom is 0.313 e. The van der Waals surface area contributed by atoms with Crippen molar-refractivity contribution < 1.29 is 19.4 Å². The third-order valence-electron chi connectivity index (χ3n) is 1.01. The van der Waals surface area contributed by atoms with Gasteiger partial charge in [-0.3, -0.25) is 4.79 Å². The summed E-state index contributed by atoms with van der Waals surface area (Å²) in [4.78, 5) is 10.1. The van der Waals surface area contributed by atoms with Gasteiger partial charge in [0.1, 0.15) is 0 Å². The SMILES string of the molecule is COC(CSCC(=O)O)OC. The molecule has 0 aliphatic heterocycles. The number of hydrogen-bond donors (Lipinski definition) is 1. The van der Waals surface area contributed by atoms with Crippen LogP contribution in [-0.4, -0.2) is 43.1 Å². The molecule has 11 heavy (non-hydrogen) atoms. The Morgan fingerprint density at radius 1 is 1.55 bits per heavy atom. The standard InChI is InChI=1S/C6H12O4S/c1-9-6(10-2)4-11-3-5(7)8/h6H,3-4H2,1-2H3,(H,7,8). The summed E-state index contributed by atoms with van der Waals surface area (Å²) in [5, 5.41) is 8.27. The zero-order valence-corrected chi connectivity index (χ0v) is 7.39. The lowest BCUT2D eigenvalue weighted by Crippen LogP contribution is -2.16. The van der Waals surface area contributed by atoms with E-state index in [0.29, 0.717) is 5.75 Å². The molecular weight excluding hydrogens is 168 g/mol. The van der Waals surface area contributed by atoms with Gasteiger partial charge in [0.15, 0.2) is 6.29 Å². The third-order valence-corrected chi connectivity index (χ3v) is 1.96. The van der Waals surface area contributed by atoms with Gasteiger partial charge in [-0.1, -0.05) is 0 Å². The van der Waals surface area contributed by atoms with E-state index >= 15 is 0 Å². The van der Waals surface area contributed by atoms with E-state index < -0.39 is 5.97 Å². The van der Waals surface area contributed by atoms with Gasteiger partial charge in [0.25, 0.3) is 0 Å². The van der Waals surface area contributed by atoms with Crippen molar-refractivity contribution in [1.29, 1.82) is 0 Å². The number of thioether (sulfide) groups is 1. The highest BCUT2D eigenvalue weighted by molar-refractivity contribution is 7.99. The maximum atomic E-state index is 10.1. The lowest BCUT2D eigenvalue weighted by molar-refractivity contribution is -0.133. The molecule has 0 unspecified atom stereocenters. The third kappa shape index (κ3) is 6.15. The number of carbonyl (C=O) groups is 1. The molecule has 0 aromatic rings. The molecule has 0 radical (unpaired) electrons. The van der Waals surface area contributed by atoms with Gasteiger partial charge in [-0.25, -0.2) is 0 Å². The van der Waals surface area contributed by atoms with Crippen molar-refractivity contribution in [2.75, 3.05) is 25.7 Å². The molecule has 0 spiro atoms. The van der Waals surface area contributed by atoms with E-state index in [9.17, 15) is 4.79 Å². The van der Waals surface area contributed by atoms with Crippen molar-refractivity contribution in [2.24, 2.45) is 0 Å². The zero-order valence-electron chi connectivity index (χ0n) is 6.57. The molecule has 5 heteroatoms. The van der Waals surface area contributed by atoms with Crippen LogP contribution in [0, 0.1) is 0 Å². The summed E-state index contributed by atoms with van der Waals surface area (Å²) in [6, 6.07) is 0. The van der Waals surface area contributed by atoms with Crippen molar-refractivity contribution in [3.63, 3.8) is 0 Å². The minimum absolute atomic E-state index is 0.0865. The monoisotopic (exact) mass is 180 g/mol. The van der Waals surface area contributed by atoms with Gasteiger partial charge in [0.05, 0.1) is 5.75 Å². The molecule has 0 atom stereocenters. The second kappa shape index (κ2) is 6.45. The average molecular weight is 180 g/mol. The van der Waals surface area contributed by atoms with Gasteiger partial charge in [-0.05, 0) is 0 Å². The van der Waals surface area contributed by atoms with Crippen LogP contribution in [-0.2, 0) is 14.3 Å². The highest BCUT2D eigenvalue weighted by atomic mass is 32.2. The fourth-order valence-electron chi connectivity index (χ4n) is 0.475. The molecule has 0 rings (SSSR count). The Bertz CT molecular complexity index is 113. The van der Waals surface area contributed by atoms with E-state index in [0.717, 1.165) is 0 Å². The van der Waals surface area contributed by atoms with Crippen LogP contribution in [0.5, 0.6) is 0 Å². The minimum Gasteiger partial charge on any atom is -0.481 e. The fourth-order valence-corrected chi connectivity index (χ4v) is 1.23. The van der Waals surface area contributed by atoms with E-state index in [-0.39, 0.29) is 12.0 Å². The first-order valence-electron chi connectivity index (χ1n) is 3.05. The summed E-state index contributed by atoms with van der Waals surface area (Å²) >= 11 is 1.27. The Labute approximate surface area is 69.9 Å². The molecule has 1 N–H and O–H groups in total. The summed E-state index contributed by atoms with van der Waals surface area (Å²) in [5.74, 6) is -0.191. The predicted molar refractivity (Wildman–Crippen MR) is 42.8 cm³/mol. The molecule has 4 nitrogen and oxygen atoms in total. The quantitative estimate of drug-likeness (QED) is 0.600. The van der Waals surface area contributed by atoms with Gasteiger partial charge < -0.3 is 14.6 Å². The molecule has 0 saturated heterocycles. The Morgan fingerprint density at radius 2 is 2.09 bits per heavy atom. The highest BCUT2D eigenvalue weighted by Crippen LogP contribution is 2.04. The van der Waals surface area contributed by atoms with Crippen LogP contribution in [0.1, 0.15) is 0 Å². The Balaban J connectivity index is 3.28. The van der Waals surface area contributed by atoms with Crippen LogP contribution < -0.4 is 0 Å². The molecule has 0 fully saturated rings. The van der Waals surface area contributed by atoms with Crippen molar-refractivity contribution in [3.05, 3.63) is 0 Å². The Kier molecular flexibility index (Phi) is 6.30. The number of rotatable bonds is 6. The van der Waals surface area contributed by atoms with Crippen LogP contribution in [0.15, 0.2) is 0 Å². The number of carboxylic acids is 1. The number of ether oxygens (including phenoxy) is 2.